The Morgan fingerprint density at radius 1 is 1.31 bits per heavy atom. The summed E-state index contributed by atoms with van der Waals surface area (Å²) in [7, 11) is 1.61. The molecule has 4 nitrogen and oxygen atoms in total. The van der Waals surface area contributed by atoms with Crippen molar-refractivity contribution >= 4 is 62.9 Å². The lowest BCUT2D eigenvalue weighted by Crippen LogP contribution is -2.17. The van der Waals surface area contributed by atoms with Crippen LogP contribution in [0.3, 0.4) is 0 Å². The van der Waals surface area contributed by atoms with E-state index in [9.17, 15) is 4.79 Å². The zero-order chi connectivity index (χ0) is 18.7. The summed E-state index contributed by atoms with van der Waals surface area (Å²) < 4.78 is 12.9. The molecule has 0 unspecified atom stereocenters. The molecule has 1 amide bonds. The van der Waals surface area contributed by atoms with Crippen molar-refractivity contribution in [1.29, 1.82) is 0 Å². The Hall–Kier alpha value is -1.58. The molecule has 2 aromatic carbocycles. The SMILES string of the molecule is COc1cc(/C=C2/SC(=S)NC2=O)cc(I)c1OCc1cccc(C)c1. The molecular formula is C19H16INO3S2. The lowest BCUT2D eigenvalue weighted by atomic mass is 10.1. The zero-order valence-corrected chi connectivity index (χ0v) is 18.0. The summed E-state index contributed by atoms with van der Waals surface area (Å²) in [5.41, 5.74) is 3.15. The first-order valence-electron chi connectivity index (χ1n) is 7.77. The number of hydrogen-bond donors (Lipinski definition) is 1. The predicted molar refractivity (Wildman–Crippen MR) is 118 cm³/mol. The highest BCUT2D eigenvalue weighted by Crippen LogP contribution is 2.36. The number of carbonyl (C=O) groups is 1. The van der Waals surface area contributed by atoms with Gasteiger partial charge in [-0.25, -0.2) is 0 Å². The molecule has 1 aliphatic rings. The Morgan fingerprint density at radius 2 is 2.12 bits per heavy atom. The molecule has 1 aliphatic heterocycles. The van der Waals surface area contributed by atoms with Gasteiger partial charge < -0.3 is 14.8 Å². The summed E-state index contributed by atoms with van der Waals surface area (Å²) in [6.45, 7) is 2.51. The molecule has 1 saturated heterocycles. The molecule has 1 heterocycles. The first-order valence-corrected chi connectivity index (χ1v) is 10.1. The maximum atomic E-state index is 11.8. The summed E-state index contributed by atoms with van der Waals surface area (Å²) >= 11 is 8.49. The van der Waals surface area contributed by atoms with Gasteiger partial charge in [0.2, 0.25) is 0 Å². The molecule has 3 rings (SSSR count). The second-order valence-corrected chi connectivity index (χ2v) is 8.55. The van der Waals surface area contributed by atoms with Crippen molar-refractivity contribution in [3.63, 3.8) is 0 Å². The van der Waals surface area contributed by atoms with Crippen molar-refractivity contribution < 1.29 is 14.3 Å². The Morgan fingerprint density at radius 3 is 2.77 bits per heavy atom. The van der Waals surface area contributed by atoms with Crippen LogP contribution in [0.25, 0.3) is 6.08 Å². The molecule has 0 bridgehead atoms. The highest BCUT2D eigenvalue weighted by atomic mass is 127. The molecule has 0 spiro atoms. The minimum absolute atomic E-state index is 0.172. The van der Waals surface area contributed by atoms with Crippen LogP contribution < -0.4 is 14.8 Å². The molecule has 0 aromatic heterocycles. The lowest BCUT2D eigenvalue weighted by Gasteiger charge is -2.14. The summed E-state index contributed by atoms with van der Waals surface area (Å²) in [4.78, 5) is 12.4. The lowest BCUT2D eigenvalue weighted by molar-refractivity contribution is -0.115. The van der Waals surface area contributed by atoms with Crippen LogP contribution in [0.1, 0.15) is 16.7 Å². The zero-order valence-electron chi connectivity index (χ0n) is 14.2. The van der Waals surface area contributed by atoms with Crippen LogP contribution in [0.15, 0.2) is 41.3 Å². The molecule has 26 heavy (non-hydrogen) atoms. The van der Waals surface area contributed by atoms with Gasteiger partial charge >= 0.3 is 0 Å². The maximum Gasteiger partial charge on any atom is 0.263 e. The van der Waals surface area contributed by atoms with Crippen molar-refractivity contribution in [2.75, 3.05) is 7.11 Å². The first kappa shape index (κ1) is 19.2. The van der Waals surface area contributed by atoms with Crippen LogP contribution in [0.5, 0.6) is 11.5 Å². The smallest absolute Gasteiger partial charge is 0.263 e. The molecule has 0 saturated carbocycles. The molecule has 134 valence electrons. The van der Waals surface area contributed by atoms with Crippen LogP contribution in [-0.4, -0.2) is 17.3 Å². The van der Waals surface area contributed by atoms with E-state index in [-0.39, 0.29) is 5.91 Å². The van der Waals surface area contributed by atoms with Crippen LogP contribution in [0, 0.1) is 10.5 Å². The van der Waals surface area contributed by atoms with Crippen LogP contribution in [0.4, 0.5) is 0 Å². The molecule has 7 heteroatoms. The fourth-order valence-electron chi connectivity index (χ4n) is 2.49. The van der Waals surface area contributed by atoms with Gasteiger partial charge in [0, 0.05) is 0 Å². The molecule has 0 radical (unpaired) electrons. The fourth-order valence-corrected chi connectivity index (χ4v) is 4.32. The van der Waals surface area contributed by atoms with E-state index in [0.717, 1.165) is 14.7 Å². The van der Waals surface area contributed by atoms with Crippen LogP contribution >= 0.6 is 46.6 Å². The number of thioether (sulfide) groups is 1. The number of benzene rings is 2. The first-order chi connectivity index (χ1) is 12.5. The minimum Gasteiger partial charge on any atom is -0.493 e. The van der Waals surface area contributed by atoms with Gasteiger partial charge in [-0.2, -0.15) is 0 Å². The Balaban J connectivity index is 1.84. The van der Waals surface area contributed by atoms with E-state index in [4.69, 9.17) is 21.7 Å². The Labute approximate surface area is 175 Å². The summed E-state index contributed by atoms with van der Waals surface area (Å²) in [6.07, 6.45) is 1.80. The van der Waals surface area contributed by atoms with Gasteiger partial charge in [0.25, 0.3) is 5.91 Å². The number of methoxy groups -OCH3 is 1. The van der Waals surface area contributed by atoms with E-state index in [1.165, 1.54) is 17.3 Å². The van der Waals surface area contributed by atoms with Gasteiger partial charge in [0.1, 0.15) is 10.9 Å². The quantitative estimate of drug-likeness (QED) is 0.370. The second kappa shape index (κ2) is 8.41. The highest BCUT2D eigenvalue weighted by molar-refractivity contribution is 14.1. The van der Waals surface area contributed by atoms with Crippen molar-refractivity contribution in [2.24, 2.45) is 0 Å². The van der Waals surface area contributed by atoms with E-state index in [1.807, 2.05) is 24.3 Å². The second-order valence-electron chi connectivity index (χ2n) is 5.66. The van der Waals surface area contributed by atoms with Gasteiger partial charge in [-0.3, -0.25) is 4.79 Å². The third-order valence-electron chi connectivity index (χ3n) is 3.66. The van der Waals surface area contributed by atoms with Gasteiger partial charge in [0.05, 0.1) is 15.6 Å². The molecular weight excluding hydrogens is 481 g/mol. The number of nitrogens with one attached hydrogen (secondary N) is 1. The van der Waals surface area contributed by atoms with Crippen molar-refractivity contribution in [3.05, 3.63) is 61.6 Å². The number of ether oxygens (including phenoxy) is 2. The van der Waals surface area contributed by atoms with Gasteiger partial charge in [-0.15, -0.1) is 0 Å². The van der Waals surface area contributed by atoms with Crippen molar-refractivity contribution in [1.82, 2.24) is 5.32 Å². The van der Waals surface area contributed by atoms with Crippen LogP contribution in [-0.2, 0) is 11.4 Å². The summed E-state index contributed by atoms with van der Waals surface area (Å²) in [5.74, 6) is 1.15. The Kier molecular flexibility index (Phi) is 6.20. The number of halogens is 1. The topological polar surface area (TPSA) is 47.6 Å². The third kappa shape index (κ3) is 4.57. The predicted octanol–water partition coefficient (Wildman–Crippen LogP) is 4.68. The number of aryl methyl sites for hydroxylation is 1. The summed E-state index contributed by atoms with van der Waals surface area (Å²) in [5, 5.41) is 2.61. The average molecular weight is 497 g/mol. The standard InChI is InChI=1S/C19H16INO3S2/c1-11-4-3-5-12(6-11)10-24-17-14(20)7-13(8-15(17)23-2)9-16-18(22)21-19(25)26-16/h3-9H,10H2,1-2H3,(H,21,22,25)/b16-9+. The fraction of sp³-hybridized carbons (Fsp3) is 0.158. The molecule has 0 atom stereocenters. The van der Waals surface area contributed by atoms with Gasteiger partial charge in [-0.1, -0.05) is 53.8 Å². The van der Waals surface area contributed by atoms with Crippen molar-refractivity contribution in [2.45, 2.75) is 13.5 Å². The molecule has 0 aliphatic carbocycles. The number of thiocarbonyl (C=S) groups is 1. The monoisotopic (exact) mass is 497 g/mol. The van der Waals surface area contributed by atoms with E-state index in [0.29, 0.717) is 27.3 Å². The molecule has 2 aromatic rings. The van der Waals surface area contributed by atoms with Gasteiger partial charge in [-0.05, 0) is 58.9 Å². The summed E-state index contributed by atoms with van der Waals surface area (Å²) in [6, 6.07) is 12.0. The minimum atomic E-state index is -0.172. The van der Waals surface area contributed by atoms with E-state index in [2.05, 4.69) is 47.0 Å². The Bertz CT molecular complexity index is 912. The van der Waals surface area contributed by atoms with E-state index >= 15 is 0 Å². The van der Waals surface area contributed by atoms with Crippen LogP contribution in [0.2, 0.25) is 0 Å². The van der Waals surface area contributed by atoms with Gasteiger partial charge in [0.15, 0.2) is 11.5 Å². The van der Waals surface area contributed by atoms with E-state index < -0.39 is 0 Å². The van der Waals surface area contributed by atoms with Crippen molar-refractivity contribution in [3.8, 4) is 11.5 Å². The normalized spacial score (nSPS) is 15.3. The average Bonchev–Trinajstić information content (AvgIpc) is 2.90. The number of amides is 1. The number of rotatable bonds is 5. The molecule has 1 N–H and O–H groups in total. The number of carbonyl (C=O) groups excluding carboxylic acids is 1. The molecule has 1 fully saturated rings. The largest absolute Gasteiger partial charge is 0.493 e. The maximum absolute atomic E-state index is 11.8. The van der Waals surface area contributed by atoms with E-state index in [1.54, 1.807) is 13.2 Å². The third-order valence-corrected chi connectivity index (χ3v) is 5.62. The highest BCUT2D eigenvalue weighted by Gasteiger charge is 2.22. The number of hydrogen-bond acceptors (Lipinski definition) is 5.